The molecule has 3 N–H and O–H groups in total. The summed E-state index contributed by atoms with van der Waals surface area (Å²) >= 11 is 2.14. The van der Waals surface area contributed by atoms with Gasteiger partial charge >= 0.3 is 0 Å². The van der Waals surface area contributed by atoms with E-state index in [9.17, 15) is 0 Å². The first-order valence-electron chi connectivity index (χ1n) is 7.71. The van der Waals surface area contributed by atoms with E-state index in [0.29, 0.717) is 28.7 Å². The van der Waals surface area contributed by atoms with E-state index in [-0.39, 0.29) is 0 Å². The number of benzene rings is 1. The average molecular weight is 289 g/mol. The van der Waals surface area contributed by atoms with Crippen LogP contribution in [0.5, 0.6) is 0 Å². The van der Waals surface area contributed by atoms with Crippen LogP contribution in [-0.2, 0) is 0 Å². The number of hydrogen-bond donors (Lipinski definition) is 3. The summed E-state index contributed by atoms with van der Waals surface area (Å²) in [5, 5.41) is 5.05. The van der Waals surface area contributed by atoms with E-state index in [1.165, 1.54) is 12.0 Å². The summed E-state index contributed by atoms with van der Waals surface area (Å²) in [6.07, 6.45) is 1.29. The summed E-state index contributed by atoms with van der Waals surface area (Å²) < 4.78 is 0. The maximum atomic E-state index is 3.80. The fourth-order valence-corrected chi connectivity index (χ4v) is 6.35. The minimum atomic E-state index is 0.432. The molecule has 3 aliphatic rings. The van der Waals surface area contributed by atoms with Gasteiger partial charge < -0.3 is 5.32 Å². The molecular formula is C16H23N3S. The van der Waals surface area contributed by atoms with Crippen LogP contribution in [0.25, 0.3) is 0 Å². The first-order chi connectivity index (χ1) is 9.74. The summed E-state index contributed by atoms with van der Waals surface area (Å²) in [6.45, 7) is 4.75. The number of piperidine rings is 1. The molecule has 0 aliphatic carbocycles. The smallest absolute Gasteiger partial charge is 0.0597 e. The van der Waals surface area contributed by atoms with Crippen molar-refractivity contribution in [1.82, 2.24) is 16.2 Å². The lowest BCUT2D eigenvalue weighted by Crippen LogP contribution is -2.52. The van der Waals surface area contributed by atoms with Crippen molar-refractivity contribution in [1.29, 1.82) is 0 Å². The maximum Gasteiger partial charge on any atom is 0.0597 e. The van der Waals surface area contributed by atoms with Gasteiger partial charge in [-0.15, -0.1) is 11.8 Å². The van der Waals surface area contributed by atoms with E-state index in [0.717, 1.165) is 11.8 Å². The molecule has 3 aliphatic heterocycles. The predicted octanol–water partition coefficient (Wildman–Crippen LogP) is 2.28. The van der Waals surface area contributed by atoms with Gasteiger partial charge in [0, 0.05) is 23.3 Å². The van der Waals surface area contributed by atoms with Crippen molar-refractivity contribution in [3.05, 3.63) is 35.9 Å². The Hall–Kier alpha value is -0.550. The van der Waals surface area contributed by atoms with Crippen LogP contribution in [0.1, 0.15) is 31.9 Å². The van der Waals surface area contributed by atoms with Crippen LogP contribution < -0.4 is 16.2 Å². The number of rotatable bonds is 1. The molecule has 3 fully saturated rings. The van der Waals surface area contributed by atoms with Gasteiger partial charge in [-0.25, -0.2) is 5.43 Å². The summed E-state index contributed by atoms with van der Waals surface area (Å²) in [7, 11) is 0. The van der Waals surface area contributed by atoms with Gasteiger partial charge in [0.1, 0.15) is 0 Å². The Morgan fingerprint density at radius 2 is 1.90 bits per heavy atom. The molecule has 0 saturated carbocycles. The molecule has 0 radical (unpaired) electrons. The second-order valence-corrected chi connectivity index (χ2v) is 7.91. The molecule has 1 aromatic carbocycles. The van der Waals surface area contributed by atoms with Gasteiger partial charge in [-0.1, -0.05) is 37.3 Å². The zero-order valence-electron chi connectivity index (χ0n) is 12.0. The third kappa shape index (κ3) is 2.01. The number of nitrogens with one attached hydrogen (secondary N) is 3. The summed E-state index contributed by atoms with van der Waals surface area (Å²) in [5.41, 5.74) is 8.54. The Kier molecular flexibility index (Phi) is 3.30. The molecular weight excluding hydrogens is 266 g/mol. The van der Waals surface area contributed by atoms with Crippen molar-refractivity contribution in [2.75, 3.05) is 0 Å². The molecule has 4 rings (SSSR count). The van der Waals surface area contributed by atoms with Crippen LogP contribution in [0.15, 0.2) is 30.3 Å². The molecule has 7 atom stereocenters. The Labute approximate surface area is 125 Å². The molecule has 3 heterocycles. The van der Waals surface area contributed by atoms with Crippen LogP contribution in [0.3, 0.4) is 0 Å². The van der Waals surface area contributed by atoms with Gasteiger partial charge in [0.25, 0.3) is 0 Å². The number of thioether (sulfide) groups is 1. The molecule has 1 aromatic rings. The molecule has 0 aromatic heterocycles. The van der Waals surface area contributed by atoms with Crippen molar-refractivity contribution in [2.24, 2.45) is 11.8 Å². The molecule has 4 heteroatoms. The number of hydrogen-bond acceptors (Lipinski definition) is 4. The predicted molar refractivity (Wildman–Crippen MR) is 84.3 cm³/mol. The molecule has 0 bridgehead atoms. The van der Waals surface area contributed by atoms with Gasteiger partial charge in [0.2, 0.25) is 0 Å². The lowest BCUT2D eigenvalue weighted by atomic mass is 9.79. The third-order valence-corrected chi connectivity index (χ3v) is 6.77. The second kappa shape index (κ2) is 5.02. The van der Waals surface area contributed by atoms with Gasteiger partial charge in [-0.2, -0.15) is 0 Å². The van der Waals surface area contributed by atoms with E-state index < -0.39 is 0 Å². The standard InChI is InChI=1S/C16H23N3S/c1-9-8-10(2)17-16-12(9)14-15(20-16)13(18-19-14)11-6-4-3-5-7-11/h3-7,9-10,12-19H,8H2,1-2H3. The van der Waals surface area contributed by atoms with E-state index in [1.54, 1.807) is 0 Å². The lowest BCUT2D eigenvalue weighted by Gasteiger charge is -2.38. The molecule has 0 amide bonds. The van der Waals surface area contributed by atoms with Crippen molar-refractivity contribution in [2.45, 2.75) is 49.0 Å². The third-order valence-electron chi connectivity index (χ3n) is 5.15. The SMILES string of the molecule is CC1CC(C)C2C(N1)SC1C(c3ccccc3)NNC12. The average Bonchev–Trinajstić information content (AvgIpc) is 2.97. The quantitative estimate of drug-likeness (QED) is 0.741. The highest BCUT2D eigenvalue weighted by molar-refractivity contribution is 8.00. The Morgan fingerprint density at radius 3 is 2.70 bits per heavy atom. The van der Waals surface area contributed by atoms with Gasteiger partial charge in [0.15, 0.2) is 0 Å². The highest BCUT2D eigenvalue weighted by atomic mass is 32.2. The fourth-order valence-electron chi connectivity index (χ4n) is 4.28. The van der Waals surface area contributed by atoms with E-state index in [2.05, 4.69) is 72.1 Å². The summed E-state index contributed by atoms with van der Waals surface area (Å²) in [6, 6.07) is 12.5. The normalized spacial score (nSPS) is 47.0. The zero-order chi connectivity index (χ0) is 13.7. The first-order valence-corrected chi connectivity index (χ1v) is 8.66. The van der Waals surface area contributed by atoms with Crippen LogP contribution in [0.4, 0.5) is 0 Å². The Bertz CT molecular complexity index is 480. The topological polar surface area (TPSA) is 36.1 Å². The van der Waals surface area contributed by atoms with Crippen molar-refractivity contribution in [3.63, 3.8) is 0 Å². The van der Waals surface area contributed by atoms with E-state index in [4.69, 9.17) is 0 Å². The number of hydrazine groups is 1. The van der Waals surface area contributed by atoms with Crippen molar-refractivity contribution >= 4 is 11.8 Å². The minimum absolute atomic E-state index is 0.432. The molecule has 3 saturated heterocycles. The van der Waals surface area contributed by atoms with E-state index >= 15 is 0 Å². The minimum Gasteiger partial charge on any atom is -0.303 e. The molecule has 20 heavy (non-hydrogen) atoms. The summed E-state index contributed by atoms with van der Waals surface area (Å²) in [4.78, 5) is 0. The summed E-state index contributed by atoms with van der Waals surface area (Å²) in [5.74, 6) is 1.53. The van der Waals surface area contributed by atoms with Crippen LogP contribution in [0.2, 0.25) is 0 Å². The number of fused-ring (bicyclic) bond motifs is 3. The van der Waals surface area contributed by atoms with Gasteiger partial charge in [0.05, 0.1) is 11.4 Å². The van der Waals surface area contributed by atoms with Crippen LogP contribution in [-0.4, -0.2) is 22.7 Å². The molecule has 108 valence electrons. The lowest BCUT2D eigenvalue weighted by molar-refractivity contribution is 0.187. The zero-order valence-corrected chi connectivity index (χ0v) is 12.9. The van der Waals surface area contributed by atoms with E-state index in [1.807, 2.05) is 0 Å². The largest absolute Gasteiger partial charge is 0.303 e. The van der Waals surface area contributed by atoms with Crippen LogP contribution in [0, 0.1) is 11.8 Å². The molecule has 7 unspecified atom stereocenters. The van der Waals surface area contributed by atoms with Crippen LogP contribution >= 0.6 is 11.8 Å². The molecule has 0 spiro atoms. The van der Waals surface area contributed by atoms with Crippen molar-refractivity contribution in [3.8, 4) is 0 Å². The Morgan fingerprint density at radius 1 is 1.10 bits per heavy atom. The fraction of sp³-hybridized carbons (Fsp3) is 0.625. The highest BCUT2D eigenvalue weighted by Crippen LogP contribution is 2.50. The van der Waals surface area contributed by atoms with Gasteiger partial charge in [-0.3, -0.25) is 5.43 Å². The maximum absolute atomic E-state index is 3.80. The highest BCUT2D eigenvalue weighted by Gasteiger charge is 2.54. The first kappa shape index (κ1) is 13.1. The Balaban J connectivity index is 1.59. The second-order valence-electron chi connectivity index (χ2n) is 6.58. The monoisotopic (exact) mass is 289 g/mol. The van der Waals surface area contributed by atoms with Crippen molar-refractivity contribution < 1.29 is 0 Å². The van der Waals surface area contributed by atoms with Gasteiger partial charge in [-0.05, 0) is 24.8 Å². The molecule has 3 nitrogen and oxygen atoms in total.